The van der Waals surface area contributed by atoms with Crippen LogP contribution < -0.4 is 4.74 Å². The van der Waals surface area contributed by atoms with Crippen molar-refractivity contribution in [3.8, 4) is 5.75 Å². The molecule has 0 unspecified atom stereocenters. The highest BCUT2D eigenvalue weighted by Gasteiger charge is 2.27. The number of carbonyl (C=O) groups excluding carboxylic acids is 1. The maximum absolute atomic E-state index is 12.8. The summed E-state index contributed by atoms with van der Waals surface area (Å²) in [6.45, 7) is 1.50. The Hall–Kier alpha value is -2.46. The molecule has 3 aromatic rings. The summed E-state index contributed by atoms with van der Waals surface area (Å²) in [5, 5.41) is 1.96. The number of nitrogens with one attached hydrogen (secondary N) is 1. The van der Waals surface area contributed by atoms with E-state index in [1.807, 2.05) is 41.3 Å². The Morgan fingerprint density at radius 1 is 1.19 bits per heavy atom. The lowest BCUT2D eigenvalue weighted by molar-refractivity contribution is 0.0710. The van der Waals surface area contributed by atoms with Gasteiger partial charge in [0, 0.05) is 35.2 Å². The number of carbonyl (C=O) groups is 1. The van der Waals surface area contributed by atoms with E-state index < -0.39 is 0 Å². The molecule has 4 rings (SSSR count). The van der Waals surface area contributed by atoms with Gasteiger partial charge in [-0.15, -0.1) is 0 Å². The van der Waals surface area contributed by atoms with Gasteiger partial charge in [0.15, 0.2) is 0 Å². The van der Waals surface area contributed by atoms with Crippen molar-refractivity contribution in [2.45, 2.75) is 18.8 Å². The second-order valence-corrected chi connectivity index (χ2v) is 7.14. The molecule has 1 amide bonds. The van der Waals surface area contributed by atoms with Crippen LogP contribution in [0.1, 0.15) is 34.7 Å². The first-order valence-electron chi connectivity index (χ1n) is 8.86. The first-order chi connectivity index (χ1) is 12.7. The van der Waals surface area contributed by atoms with Crippen molar-refractivity contribution in [1.82, 2.24) is 9.88 Å². The first kappa shape index (κ1) is 17.0. The van der Waals surface area contributed by atoms with E-state index in [0.717, 1.165) is 36.5 Å². The number of aromatic amines is 1. The zero-order valence-electron chi connectivity index (χ0n) is 14.7. The first-order valence-corrected chi connectivity index (χ1v) is 9.24. The third kappa shape index (κ3) is 3.06. The average molecular weight is 369 g/mol. The summed E-state index contributed by atoms with van der Waals surface area (Å²) in [7, 11) is 1.60. The van der Waals surface area contributed by atoms with E-state index in [1.165, 1.54) is 10.9 Å². The Labute approximate surface area is 157 Å². The summed E-state index contributed by atoms with van der Waals surface area (Å²) in [5.74, 6) is 1.13. The van der Waals surface area contributed by atoms with E-state index in [0.29, 0.717) is 17.2 Å². The van der Waals surface area contributed by atoms with Gasteiger partial charge in [0.1, 0.15) is 5.75 Å². The molecule has 1 aromatic heterocycles. The fraction of sp³-hybridized carbons (Fsp3) is 0.286. The van der Waals surface area contributed by atoms with Gasteiger partial charge in [0.25, 0.3) is 5.91 Å². The van der Waals surface area contributed by atoms with Crippen molar-refractivity contribution in [2.75, 3.05) is 20.2 Å². The van der Waals surface area contributed by atoms with E-state index in [4.69, 9.17) is 16.3 Å². The van der Waals surface area contributed by atoms with Gasteiger partial charge < -0.3 is 14.6 Å². The fourth-order valence-electron chi connectivity index (χ4n) is 3.84. The summed E-state index contributed by atoms with van der Waals surface area (Å²) in [4.78, 5) is 18.1. The minimum Gasteiger partial charge on any atom is -0.496 e. The van der Waals surface area contributed by atoms with E-state index in [-0.39, 0.29) is 5.91 Å². The maximum Gasteiger partial charge on any atom is 0.257 e. The van der Waals surface area contributed by atoms with Gasteiger partial charge in [-0.05, 0) is 48.6 Å². The number of amides is 1. The van der Waals surface area contributed by atoms with Crippen LogP contribution >= 0.6 is 11.6 Å². The van der Waals surface area contributed by atoms with Gasteiger partial charge in [-0.2, -0.15) is 0 Å². The molecule has 134 valence electrons. The normalized spacial score (nSPS) is 15.4. The second kappa shape index (κ2) is 7.04. The van der Waals surface area contributed by atoms with Crippen molar-refractivity contribution < 1.29 is 9.53 Å². The van der Waals surface area contributed by atoms with Gasteiger partial charge in [0.2, 0.25) is 0 Å². The second-order valence-electron chi connectivity index (χ2n) is 6.70. The molecule has 1 saturated heterocycles. The number of H-pyrrole nitrogens is 1. The number of para-hydroxylation sites is 1. The highest BCUT2D eigenvalue weighted by Crippen LogP contribution is 2.34. The topological polar surface area (TPSA) is 45.3 Å². The number of fused-ring (bicyclic) bond motifs is 1. The van der Waals surface area contributed by atoms with Crippen LogP contribution in [0.15, 0.2) is 48.7 Å². The lowest BCUT2D eigenvalue weighted by Gasteiger charge is -2.32. The molecule has 0 aliphatic carbocycles. The Bertz CT molecular complexity index is 942. The summed E-state index contributed by atoms with van der Waals surface area (Å²) < 4.78 is 5.33. The minimum atomic E-state index is 0.0478. The number of hydrogen-bond acceptors (Lipinski definition) is 2. The Morgan fingerprint density at radius 2 is 1.96 bits per heavy atom. The molecule has 1 aliphatic heterocycles. The predicted octanol–water partition coefficient (Wildman–Crippen LogP) is 4.85. The van der Waals surface area contributed by atoms with Crippen molar-refractivity contribution in [1.29, 1.82) is 0 Å². The van der Waals surface area contributed by atoms with Crippen molar-refractivity contribution in [2.24, 2.45) is 0 Å². The molecule has 0 bridgehead atoms. The van der Waals surface area contributed by atoms with Crippen LogP contribution in [0.5, 0.6) is 5.75 Å². The van der Waals surface area contributed by atoms with Crippen LogP contribution in [0.3, 0.4) is 0 Å². The Morgan fingerprint density at radius 3 is 2.73 bits per heavy atom. The molecular weight excluding hydrogens is 348 g/mol. The zero-order valence-corrected chi connectivity index (χ0v) is 15.4. The third-order valence-corrected chi connectivity index (χ3v) is 5.47. The number of likely N-dealkylation sites (tertiary alicyclic amines) is 1. The number of hydrogen-bond donors (Lipinski definition) is 1. The highest BCUT2D eigenvalue weighted by atomic mass is 35.5. The Kier molecular flexibility index (Phi) is 4.60. The van der Waals surface area contributed by atoms with Crippen LogP contribution in [-0.4, -0.2) is 36.0 Å². The molecule has 0 radical (unpaired) electrons. The van der Waals surface area contributed by atoms with Crippen LogP contribution in [-0.2, 0) is 0 Å². The zero-order chi connectivity index (χ0) is 18.1. The number of ether oxygens (including phenoxy) is 1. The number of piperidine rings is 1. The van der Waals surface area contributed by atoms with Crippen LogP contribution in [0.4, 0.5) is 0 Å². The number of rotatable bonds is 3. The maximum atomic E-state index is 12.8. The summed E-state index contributed by atoms with van der Waals surface area (Å²) in [5.41, 5.74) is 3.02. The summed E-state index contributed by atoms with van der Waals surface area (Å²) >= 11 is 6.08. The van der Waals surface area contributed by atoms with Gasteiger partial charge in [-0.25, -0.2) is 0 Å². The van der Waals surface area contributed by atoms with Crippen molar-refractivity contribution >= 4 is 28.4 Å². The highest BCUT2D eigenvalue weighted by molar-refractivity contribution is 6.31. The molecule has 0 atom stereocenters. The fourth-order valence-corrected chi connectivity index (χ4v) is 4.02. The van der Waals surface area contributed by atoms with Gasteiger partial charge in [0.05, 0.1) is 12.7 Å². The lowest BCUT2D eigenvalue weighted by atomic mass is 9.89. The van der Waals surface area contributed by atoms with Gasteiger partial charge in [-0.3, -0.25) is 4.79 Å². The number of aromatic nitrogens is 1. The molecule has 1 aliphatic rings. The van der Waals surface area contributed by atoms with Gasteiger partial charge >= 0.3 is 0 Å². The van der Waals surface area contributed by atoms with E-state index in [2.05, 4.69) is 17.2 Å². The summed E-state index contributed by atoms with van der Waals surface area (Å²) in [6, 6.07) is 13.4. The monoisotopic (exact) mass is 368 g/mol. The molecule has 0 spiro atoms. The third-order valence-electron chi connectivity index (χ3n) is 5.24. The summed E-state index contributed by atoms with van der Waals surface area (Å²) in [6.07, 6.45) is 4.00. The molecule has 2 heterocycles. The van der Waals surface area contributed by atoms with E-state index >= 15 is 0 Å². The van der Waals surface area contributed by atoms with Crippen molar-refractivity contribution in [3.63, 3.8) is 0 Å². The van der Waals surface area contributed by atoms with Crippen LogP contribution in [0, 0.1) is 0 Å². The number of benzene rings is 2. The lowest BCUT2D eigenvalue weighted by Crippen LogP contribution is -2.38. The predicted molar refractivity (Wildman–Crippen MR) is 104 cm³/mol. The standard InChI is InChI=1S/C21H21ClN2O2/c1-26-20-5-3-2-4-17(20)21(25)24-10-8-14(9-11-24)18-13-23-19-12-15(22)6-7-16(18)19/h2-7,12-14,23H,8-11H2,1H3. The SMILES string of the molecule is COc1ccccc1C(=O)N1CCC(c2c[nH]c3cc(Cl)ccc23)CC1. The van der Waals surface area contributed by atoms with Crippen LogP contribution in [0.2, 0.25) is 5.02 Å². The smallest absolute Gasteiger partial charge is 0.257 e. The number of halogens is 1. The molecular formula is C21H21ClN2O2. The van der Waals surface area contributed by atoms with E-state index in [9.17, 15) is 4.79 Å². The molecule has 1 N–H and O–H groups in total. The molecule has 4 nitrogen and oxygen atoms in total. The minimum absolute atomic E-state index is 0.0478. The molecule has 5 heteroatoms. The van der Waals surface area contributed by atoms with Gasteiger partial charge in [-0.1, -0.05) is 29.8 Å². The molecule has 2 aromatic carbocycles. The molecule has 26 heavy (non-hydrogen) atoms. The van der Waals surface area contributed by atoms with Crippen LogP contribution in [0.25, 0.3) is 10.9 Å². The molecule has 0 saturated carbocycles. The molecule has 1 fully saturated rings. The largest absolute Gasteiger partial charge is 0.496 e. The quantitative estimate of drug-likeness (QED) is 0.718. The average Bonchev–Trinajstić information content (AvgIpc) is 3.10. The Balaban J connectivity index is 1.49. The number of nitrogens with zero attached hydrogens (tertiary/aromatic N) is 1. The van der Waals surface area contributed by atoms with E-state index in [1.54, 1.807) is 7.11 Å². The van der Waals surface area contributed by atoms with Crippen molar-refractivity contribution in [3.05, 3.63) is 64.8 Å². The number of methoxy groups -OCH3 is 1.